The maximum atomic E-state index is 12.6. The van der Waals surface area contributed by atoms with Gasteiger partial charge >= 0.3 is 6.03 Å². The third-order valence-electron chi connectivity index (χ3n) is 6.70. The second kappa shape index (κ2) is 11.4. The fraction of sp³-hybridized carbons (Fsp3) is 0.680. The predicted molar refractivity (Wildman–Crippen MR) is 123 cm³/mol. The highest BCUT2D eigenvalue weighted by atomic mass is 16.2. The third kappa shape index (κ3) is 6.75. The monoisotopic (exact) mass is 413 g/mol. The number of carbonyl (C=O) groups excluding carboxylic acids is 2. The van der Waals surface area contributed by atoms with Gasteiger partial charge in [-0.05, 0) is 49.9 Å². The minimum atomic E-state index is -0.134. The van der Waals surface area contributed by atoms with E-state index in [9.17, 15) is 9.59 Å². The van der Waals surface area contributed by atoms with Gasteiger partial charge in [0.25, 0.3) is 0 Å². The van der Waals surface area contributed by atoms with E-state index in [1.165, 1.54) is 68.9 Å². The molecule has 3 amide bonds. The van der Waals surface area contributed by atoms with Crippen molar-refractivity contribution >= 4 is 17.6 Å². The number of nitrogens with one attached hydrogen (secondary N) is 2. The molecule has 1 aliphatic heterocycles. The normalized spacial score (nSPS) is 22.3. The van der Waals surface area contributed by atoms with Crippen molar-refractivity contribution in [1.29, 1.82) is 0 Å². The number of carbonyl (C=O) groups is 2. The molecule has 2 aliphatic rings. The Labute approximate surface area is 182 Å². The summed E-state index contributed by atoms with van der Waals surface area (Å²) in [4.78, 5) is 27.0. The third-order valence-corrected chi connectivity index (χ3v) is 6.70. The van der Waals surface area contributed by atoms with E-state index in [0.717, 1.165) is 18.5 Å². The second-order valence-corrected chi connectivity index (χ2v) is 9.25. The van der Waals surface area contributed by atoms with Crippen LogP contribution < -0.4 is 15.5 Å². The maximum Gasteiger partial charge on any atom is 0.315 e. The van der Waals surface area contributed by atoms with Crippen LogP contribution in [0.2, 0.25) is 0 Å². The van der Waals surface area contributed by atoms with Crippen molar-refractivity contribution in [3.05, 3.63) is 29.3 Å². The maximum absolute atomic E-state index is 12.6. The largest absolute Gasteiger partial charge is 0.335 e. The van der Waals surface area contributed by atoms with Crippen LogP contribution in [0.15, 0.2) is 18.2 Å². The van der Waals surface area contributed by atoms with Crippen molar-refractivity contribution in [2.24, 2.45) is 0 Å². The zero-order chi connectivity index (χ0) is 21.3. The second-order valence-electron chi connectivity index (χ2n) is 9.25. The van der Waals surface area contributed by atoms with Crippen LogP contribution in [0.1, 0.15) is 88.2 Å². The highest BCUT2D eigenvalue weighted by molar-refractivity contribution is 5.96. The van der Waals surface area contributed by atoms with E-state index in [4.69, 9.17) is 0 Å². The molecule has 0 bridgehead atoms. The molecule has 1 atom stereocenters. The molecule has 1 saturated heterocycles. The lowest BCUT2D eigenvalue weighted by atomic mass is 9.98. The lowest BCUT2D eigenvalue weighted by Gasteiger charge is -2.22. The van der Waals surface area contributed by atoms with E-state index in [0.29, 0.717) is 13.0 Å². The Morgan fingerprint density at radius 3 is 2.00 bits per heavy atom. The Hall–Kier alpha value is -2.04. The molecule has 1 heterocycles. The van der Waals surface area contributed by atoms with E-state index in [1.807, 2.05) is 6.07 Å². The van der Waals surface area contributed by atoms with Crippen LogP contribution in [0, 0.1) is 13.8 Å². The molecule has 166 valence electrons. The highest BCUT2D eigenvalue weighted by Crippen LogP contribution is 2.24. The molecule has 0 spiro atoms. The van der Waals surface area contributed by atoms with Crippen molar-refractivity contribution < 1.29 is 9.59 Å². The van der Waals surface area contributed by atoms with Gasteiger partial charge in [-0.15, -0.1) is 0 Å². The summed E-state index contributed by atoms with van der Waals surface area (Å²) in [5, 5.41) is 6.26. The zero-order valence-electron chi connectivity index (χ0n) is 18.8. The summed E-state index contributed by atoms with van der Waals surface area (Å²) in [5.74, 6) is 0.0783. The first-order chi connectivity index (χ1) is 14.5. The Balaban J connectivity index is 1.49. The van der Waals surface area contributed by atoms with E-state index >= 15 is 0 Å². The fourth-order valence-electron chi connectivity index (χ4n) is 4.67. The number of hydrogen-bond acceptors (Lipinski definition) is 2. The summed E-state index contributed by atoms with van der Waals surface area (Å²) in [7, 11) is 0. The number of nitrogens with zero attached hydrogens (tertiary/aromatic N) is 1. The van der Waals surface area contributed by atoms with Crippen molar-refractivity contribution in [2.75, 3.05) is 11.4 Å². The van der Waals surface area contributed by atoms with Crippen LogP contribution in [-0.2, 0) is 4.79 Å². The van der Waals surface area contributed by atoms with Gasteiger partial charge in [-0.2, -0.15) is 0 Å². The lowest BCUT2D eigenvalue weighted by Crippen LogP contribution is -2.47. The average Bonchev–Trinajstić information content (AvgIpc) is 3.06. The molecule has 0 aromatic heterocycles. The Kier molecular flexibility index (Phi) is 8.59. The lowest BCUT2D eigenvalue weighted by molar-refractivity contribution is -0.117. The molecule has 1 aromatic rings. The molecule has 2 N–H and O–H groups in total. The smallest absolute Gasteiger partial charge is 0.315 e. The van der Waals surface area contributed by atoms with Gasteiger partial charge in [0.2, 0.25) is 5.91 Å². The predicted octanol–water partition coefficient (Wildman–Crippen LogP) is 5.38. The molecule has 1 aliphatic carbocycles. The van der Waals surface area contributed by atoms with E-state index in [1.54, 1.807) is 4.90 Å². The van der Waals surface area contributed by atoms with E-state index < -0.39 is 0 Å². The molecular formula is C25H39N3O2. The zero-order valence-corrected chi connectivity index (χ0v) is 18.8. The number of hydrogen-bond donors (Lipinski definition) is 2. The SMILES string of the molecule is Cc1ccc(N2C[C@@H](NC(=O)NC3CCCCCCCCCCC3)CC2=O)cc1C. The topological polar surface area (TPSA) is 61.4 Å². The molecule has 3 rings (SSSR count). The molecule has 0 unspecified atom stereocenters. The minimum absolute atomic E-state index is 0.0783. The average molecular weight is 414 g/mol. The van der Waals surface area contributed by atoms with Crippen LogP contribution in [0.25, 0.3) is 0 Å². The van der Waals surface area contributed by atoms with Crippen molar-refractivity contribution in [3.63, 3.8) is 0 Å². The highest BCUT2D eigenvalue weighted by Gasteiger charge is 2.32. The summed E-state index contributed by atoms with van der Waals surface area (Å²) in [5.41, 5.74) is 3.32. The van der Waals surface area contributed by atoms with Crippen molar-refractivity contribution in [3.8, 4) is 0 Å². The number of aryl methyl sites for hydroxylation is 2. The van der Waals surface area contributed by atoms with Gasteiger partial charge < -0.3 is 15.5 Å². The van der Waals surface area contributed by atoms with Gasteiger partial charge in [0.1, 0.15) is 0 Å². The van der Waals surface area contributed by atoms with Gasteiger partial charge in [0, 0.05) is 24.7 Å². The Morgan fingerprint density at radius 1 is 0.833 bits per heavy atom. The van der Waals surface area contributed by atoms with Gasteiger partial charge in [0.05, 0.1) is 6.04 Å². The first-order valence-electron chi connectivity index (χ1n) is 12.0. The van der Waals surface area contributed by atoms with Gasteiger partial charge in [-0.3, -0.25) is 4.79 Å². The summed E-state index contributed by atoms with van der Waals surface area (Å²) >= 11 is 0. The van der Waals surface area contributed by atoms with Crippen LogP contribution in [-0.4, -0.2) is 30.6 Å². The molecule has 5 heteroatoms. The van der Waals surface area contributed by atoms with Gasteiger partial charge in [-0.1, -0.05) is 63.9 Å². The quantitative estimate of drug-likeness (QED) is 0.699. The molecule has 0 radical (unpaired) electrons. The molecule has 30 heavy (non-hydrogen) atoms. The molecule has 2 fully saturated rings. The van der Waals surface area contributed by atoms with Gasteiger partial charge in [0.15, 0.2) is 0 Å². The number of amides is 3. The summed E-state index contributed by atoms with van der Waals surface area (Å²) < 4.78 is 0. The number of benzene rings is 1. The van der Waals surface area contributed by atoms with Crippen LogP contribution in [0.4, 0.5) is 10.5 Å². The Bertz CT molecular complexity index is 706. The van der Waals surface area contributed by atoms with Crippen molar-refractivity contribution in [2.45, 2.75) is 103 Å². The van der Waals surface area contributed by atoms with Crippen LogP contribution in [0.3, 0.4) is 0 Å². The standard InChI is InChI=1S/C25H39N3O2/c1-19-14-15-23(16-20(19)2)28-18-22(17-24(28)29)27-25(30)26-21-12-10-8-6-4-3-5-7-9-11-13-21/h14-16,21-22H,3-13,17-18H2,1-2H3,(H2,26,27,30)/t22-/m0/s1. The van der Waals surface area contributed by atoms with E-state index in [2.05, 4.69) is 36.6 Å². The summed E-state index contributed by atoms with van der Waals surface area (Å²) in [6, 6.07) is 6.10. The van der Waals surface area contributed by atoms with E-state index in [-0.39, 0.29) is 24.0 Å². The molecule has 1 saturated carbocycles. The fourth-order valence-corrected chi connectivity index (χ4v) is 4.67. The minimum Gasteiger partial charge on any atom is -0.335 e. The first kappa shape index (κ1) is 22.6. The van der Waals surface area contributed by atoms with Crippen LogP contribution >= 0.6 is 0 Å². The molecule has 1 aromatic carbocycles. The summed E-state index contributed by atoms with van der Waals surface area (Å²) in [6.45, 7) is 4.67. The first-order valence-corrected chi connectivity index (χ1v) is 12.0. The number of rotatable bonds is 3. The molecular weight excluding hydrogens is 374 g/mol. The number of urea groups is 1. The van der Waals surface area contributed by atoms with Gasteiger partial charge in [-0.25, -0.2) is 4.79 Å². The van der Waals surface area contributed by atoms with Crippen LogP contribution in [0.5, 0.6) is 0 Å². The Morgan fingerprint density at radius 2 is 1.40 bits per heavy atom. The summed E-state index contributed by atoms with van der Waals surface area (Å²) in [6.07, 6.45) is 14.1. The molecule has 5 nitrogen and oxygen atoms in total. The van der Waals surface area contributed by atoms with Crippen molar-refractivity contribution in [1.82, 2.24) is 10.6 Å². The number of anilines is 1.